The summed E-state index contributed by atoms with van der Waals surface area (Å²) in [6, 6.07) is 0. The first kappa shape index (κ1) is 9.01. The van der Waals surface area contributed by atoms with Crippen LogP contribution in [0, 0.1) is 0 Å². The van der Waals surface area contributed by atoms with Gasteiger partial charge in [-0.05, 0) is 38.6 Å². The molecule has 1 heterocycles. The van der Waals surface area contributed by atoms with Crippen LogP contribution < -0.4 is 5.73 Å². The van der Waals surface area contributed by atoms with Crippen molar-refractivity contribution in [3.05, 3.63) is 0 Å². The highest BCUT2D eigenvalue weighted by Crippen LogP contribution is 2.22. The van der Waals surface area contributed by atoms with Crippen LogP contribution in [0.2, 0.25) is 0 Å². The van der Waals surface area contributed by atoms with Crippen LogP contribution in [-0.4, -0.2) is 18.8 Å². The van der Waals surface area contributed by atoms with Gasteiger partial charge < -0.3 is 10.5 Å². The van der Waals surface area contributed by atoms with Gasteiger partial charge in [0.05, 0.1) is 12.2 Å². The fourth-order valence-electron chi connectivity index (χ4n) is 1.68. The van der Waals surface area contributed by atoms with E-state index in [0.29, 0.717) is 12.2 Å². The lowest BCUT2D eigenvalue weighted by molar-refractivity contribution is -0.0527. The number of hydrogen-bond acceptors (Lipinski definition) is 2. The SMILES string of the molecule is CCC1CCCC(CCN)O1. The first-order chi connectivity index (χ1) is 5.36. The maximum Gasteiger partial charge on any atom is 0.0591 e. The molecule has 1 aliphatic rings. The van der Waals surface area contributed by atoms with Crippen molar-refractivity contribution in [2.24, 2.45) is 5.73 Å². The fraction of sp³-hybridized carbons (Fsp3) is 1.00. The molecule has 2 atom stereocenters. The molecule has 2 N–H and O–H groups in total. The summed E-state index contributed by atoms with van der Waals surface area (Å²) in [6.07, 6.45) is 6.95. The summed E-state index contributed by atoms with van der Waals surface area (Å²) in [5, 5.41) is 0. The zero-order chi connectivity index (χ0) is 8.10. The van der Waals surface area contributed by atoms with Crippen LogP contribution in [-0.2, 0) is 4.74 Å². The lowest BCUT2D eigenvalue weighted by atomic mass is 10.0. The maximum atomic E-state index is 5.80. The molecule has 0 spiro atoms. The molecular weight excluding hydrogens is 138 g/mol. The molecule has 0 aromatic heterocycles. The molecule has 1 rings (SSSR count). The smallest absolute Gasteiger partial charge is 0.0591 e. The topological polar surface area (TPSA) is 35.2 Å². The molecule has 1 saturated heterocycles. The first-order valence-corrected chi connectivity index (χ1v) is 4.72. The van der Waals surface area contributed by atoms with E-state index < -0.39 is 0 Å². The van der Waals surface area contributed by atoms with Crippen LogP contribution in [0.3, 0.4) is 0 Å². The lowest BCUT2D eigenvalue weighted by Crippen LogP contribution is -2.28. The highest BCUT2D eigenvalue weighted by molar-refractivity contribution is 4.70. The van der Waals surface area contributed by atoms with E-state index in [1.807, 2.05) is 0 Å². The van der Waals surface area contributed by atoms with Gasteiger partial charge in [-0.2, -0.15) is 0 Å². The van der Waals surface area contributed by atoms with Crippen molar-refractivity contribution in [2.75, 3.05) is 6.54 Å². The Morgan fingerprint density at radius 3 is 2.73 bits per heavy atom. The van der Waals surface area contributed by atoms with E-state index in [2.05, 4.69) is 6.92 Å². The van der Waals surface area contributed by atoms with Gasteiger partial charge in [0.2, 0.25) is 0 Å². The average Bonchev–Trinajstić information content (AvgIpc) is 2.06. The minimum Gasteiger partial charge on any atom is -0.375 e. The molecule has 1 aliphatic heterocycles. The van der Waals surface area contributed by atoms with Crippen LogP contribution in [0.25, 0.3) is 0 Å². The van der Waals surface area contributed by atoms with Crippen molar-refractivity contribution in [3.63, 3.8) is 0 Å². The van der Waals surface area contributed by atoms with Gasteiger partial charge in [-0.25, -0.2) is 0 Å². The monoisotopic (exact) mass is 157 g/mol. The van der Waals surface area contributed by atoms with Crippen molar-refractivity contribution in [3.8, 4) is 0 Å². The van der Waals surface area contributed by atoms with E-state index in [9.17, 15) is 0 Å². The third-order valence-corrected chi connectivity index (χ3v) is 2.38. The number of nitrogens with two attached hydrogens (primary N) is 1. The Morgan fingerprint density at radius 1 is 1.36 bits per heavy atom. The van der Waals surface area contributed by atoms with Gasteiger partial charge in [-0.3, -0.25) is 0 Å². The standard InChI is InChI=1S/C9H19NO/c1-2-8-4-3-5-9(11-8)6-7-10/h8-9H,2-7,10H2,1H3. The second-order valence-corrected chi connectivity index (χ2v) is 3.30. The van der Waals surface area contributed by atoms with E-state index in [1.54, 1.807) is 0 Å². The molecule has 0 aromatic carbocycles. The third kappa shape index (κ3) is 2.80. The normalized spacial score (nSPS) is 32.2. The molecule has 66 valence electrons. The molecule has 0 radical (unpaired) electrons. The summed E-state index contributed by atoms with van der Waals surface area (Å²) in [6.45, 7) is 2.95. The van der Waals surface area contributed by atoms with Crippen LogP contribution in [0.15, 0.2) is 0 Å². The average molecular weight is 157 g/mol. The molecule has 1 fully saturated rings. The minimum atomic E-state index is 0.457. The van der Waals surface area contributed by atoms with Gasteiger partial charge in [0.15, 0.2) is 0 Å². The molecule has 0 bridgehead atoms. The van der Waals surface area contributed by atoms with Crippen molar-refractivity contribution in [1.29, 1.82) is 0 Å². The van der Waals surface area contributed by atoms with Crippen LogP contribution in [0.1, 0.15) is 39.0 Å². The van der Waals surface area contributed by atoms with Crippen LogP contribution in [0.4, 0.5) is 0 Å². The van der Waals surface area contributed by atoms with Crippen molar-refractivity contribution >= 4 is 0 Å². The Kier molecular flexibility index (Phi) is 3.87. The Morgan fingerprint density at radius 2 is 2.09 bits per heavy atom. The second-order valence-electron chi connectivity index (χ2n) is 3.30. The van der Waals surface area contributed by atoms with Gasteiger partial charge in [0.1, 0.15) is 0 Å². The molecule has 0 amide bonds. The summed E-state index contributed by atoms with van der Waals surface area (Å²) in [7, 11) is 0. The van der Waals surface area contributed by atoms with Crippen LogP contribution in [0.5, 0.6) is 0 Å². The predicted octanol–water partition coefficient (Wildman–Crippen LogP) is 1.68. The molecule has 2 nitrogen and oxygen atoms in total. The zero-order valence-electron chi connectivity index (χ0n) is 7.38. The van der Waals surface area contributed by atoms with E-state index >= 15 is 0 Å². The Labute approximate surface area is 69.1 Å². The lowest BCUT2D eigenvalue weighted by Gasteiger charge is -2.29. The van der Waals surface area contributed by atoms with Gasteiger partial charge in [-0.1, -0.05) is 6.92 Å². The quantitative estimate of drug-likeness (QED) is 0.676. The minimum absolute atomic E-state index is 0.457. The highest BCUT2D eigenvalue weighted by Gasteiger charge is 2.19. The van der Waals surface area contributed by atoms with Crippen molar-refractivity contribution < 1.29 is 4.74 Å². The maximum absolute atomic E-state index is 5.80. The Balaban J connectivity index is 2.21. The first-order valence-electron chi connectivity index (χ1n) is 4.72. The summed E-state index contributed by atoms with van der Waals surface area (Å²) in [4.78, 5) is 0. The zero-order valence-corrected chi connectivity index (χ0v) is 7.38. The largest absolute Gasteiger partial charge is 0.375 e. The summed E-state index contributed by atoms with van der Waals surface area (Å²) in [5.41, 5.74) is 5.47. The van der Waals surface area contributed by atoms with E-state index in [-0.39, 0.29) is 0 Å². The van der Waals surface area contributed by atoms with E-state index in [0.717, 1.165) is 19.4 Å². The number of ether oxygens (including phenoxy) is 1. The summed E-state index contributed by atoms with van der Waals surface area (Å²) < 4.78 is 5.80. The molecular formula is C9H19NO. The molecule has 2 heteroatoms. The Bertz CT molecular complexity index is 104. The van der Waals surface area contributed by atoms with Gasteiger partial charge in [0, 0.05) is 0 Å². The highest BCUT2D eigenvalue weighted by atomic mass is 16.5. The summed E-state index contributed by atoms with van der Waals surface area (Å²) in [5.74, 6) is 0. The predicted molar refractivity (Wildman–Crippen MR) is 46.5 cm³/mol. The van der Waals surface area contributed by atoms with Gasteiger partial charge in [0.25, 0.3) is 0 Å². The fourth-order valence-corrected chi connectivity index (χ4v) is 1.68. The van der Waals surface area contributed by atoms with Crippen molar-refractivity contribution in [2.45, 2.75) is 51.2 Å². The van der Waals surface area contributed by atoms with Crippen molar-refractivity contribution in [1.82, 2.24) is 0 Å². The Hall–Kier alpha value is -0.0800. The molecule has 0 saturated carbocycles. The second kappa shape index (κ2) is 4.73. The molecule has 11 heavy (non-hydrogen) atoms. The number of hydrogen-bond donors (Lipinski definition) is 1. The van der Waals surface area contributed by atoms with E-state index in [1.165, 1.54) is 19.3 Å². The molecule has 0 aliphatic carbocycles. The van der Waals surface area contributed by atoms with Crippen LogP contribution >= 0.6 is 0 Å². The summed E-state index contributed by atoms with van der Waals surface area (Å²) >= 11 is 0. The third-order valence-electron chi connectivity index (χ3n) is 2.38. The molecule has 2 unspecified atom stereocenters. The van der Waals surface area contributed by atoms with E-state index in [4.69, 9.17) is 10.5 Å². The number of rotatable bonds is 3. The molecule has 0 aromatic rings. The van der Waals surface area contributed by atoms with Gasteiger partial charge in [-0.15, -0.1) is 0 Å². The van der Waals surface area contributed by atoms with Gasteiger partial charge >= 0.3 is 0 Å².